The molecule has 0 bridgehead atoms. The molecule has 5 nitrogen and oxygen atoms in total. The molecule has 2 aromatic carbocycles. The van der Waals surface area contributed by atoms with E-state index in [4.69, 9.17) is 0 Å². The molecule has 0 spiro atoms. The molecule has 1 N–H and O–H groups in total. The number of carbonyl (C=O) groups excluding carboxylic acids is 1. The van der Waals surface area contributed by atoms with Gasteiger partial charge in [-0.1, -0.05) is 57.5 Å². The maximum atomic E-state index is 12.6. The maximum absolute atomic E-state index is 12.6. The summed E-state index contributed by atoms with van der Waals surface area (Å²) in [6, 6.07) is 17.7. The van der Waals surface area contributed by atoms with Crippen LogP contribution in [0.3, 0.4) is 0 Å². The lowest BCUT2D eigenvalue weighted by molar-refractivity contribution is -0.123. The first kappa shape index (κ1) is 17.0. The zero-order valence-corrected chi connectivity index (χ0v) is 15.9. The molecule has 132 valence electrons. The van der Waals surface area contributed by atoms with Gasteiger partial charge in [0, 0.05) is 10.4 Å². The van der Waals surface area contributed by atoms with Crippen LogP contribution >= 0.6 is 15.9 Å². The van der Waals surface area contributed by atoms with Crippen molar-refractivity contribution in [3.63, 3.8) is 0 Å². The molecule has 1 heterocycles. The summed E-state index contributed by atoms with van der Waals surface area (Å²) in [6.45, 7) is 1.94. The topological polar surface area (TPSA) is 59.8 Å². The van der Waals surface area contributed by atoms with Crippen molar-refractivity contribution in [3.05, 3.63) is 76.5 Å². The van der Waals surface area contributed by atoms with Gasteiger partial charge >= 0.3 is 0 Å². The average molecular weight is 411 g/mol. The number of benzene rings is 2. The molecule has 0 aliphatic heterocycles. The molecule has 0 saturated heterocycles. The van der Waals surface area contributed by atoms with E-state index in [2.05, 4.69) is 37.6 Å². The maximum Gasteiger partial charge on any atom is 0.224 e. The molecule has 1 aliphatic rings. The third kappa shape index (κ3) is 3.42. The quantitative estimate of drug-likeness (QED) is 0.690. The van der Waals surface area contributed by atoms with Gasteiger partial charge in [0.05, 0.1) is 17.9 Å². The van der Waals surface area contributed by atoms with Crippen molar-refractivity contribution in [1.82, 2.24) is 20.3 Å². The molecule has 3 aromatic rings. The van der Waals surface area contributed by atoms with E-state index in [-0.39, 0.29) is 23.8 Å². The minimum Gasteiger partial charge on any atom is -0.348 e. The minimum atomic E-state index is -0.180. The molecule has 26 heavy (non-hydrogen) atoms. The second-order valence-corrected chi connectivity index (χ2v) is 7.48. The highest BCUT2D eigenvalue weighted by atomic mass is 79.9. The number of halogens is 1. The highest BCUT2D eigenvalue weighted by Crippen LogP contribution is 2.49. The Bertz CT molecular complexity index is 924. The fourth-order valence-corrected chi connectivity index (χ4v) is 3.76. The summed E-state index contributed by atoms with van der Waals surface area (Å²) in [5, 5.41) is 11.4. The highest BCUT2D eigenvalue weighted by Gasteiger charge is 2.45. The first-order valence-electron chi connectivity index (χ1n) is 8.66. The predicted octanol–water partition coefficient (Wildman–Crippen LogP) is 4.01. The van der Waals surface area contributed by atoms with Crippen molar-refractivity contribution in [1.29, 1.82) is 0 Å². The molecule has 1 aliphatic carbocycles. The molecular formula is C20H19BrN4O. The van der Waals surface area contributed by atoms with Gasteiger partial charge in [-0.15, -0.1) is 5.10 Å². The van der Waals surface area contributed by atoms with Crippen LogP contribution in [0.15, 0.2) is 65.3 Å². The zero-order valence-electron chi connectivity index (χ0n) is 14.3. The third-order valence-electron chi connectivity index (χ3n) is 4.77. The van der Waals surface area contributed by atoms with Crippen LogP contribution in [-0.2, 0) is 4.79 Å². The summed E-state index contributed by atoms with van der Waals surface area (Å²) < 4.78 is 2.79. The van der Waals surface area contributed by atoms with Gasteiger partial charge in [0.25, 0.3) is 0 Å². The molecule has 1 saturated carbocycles. The van der Waals surface area contributed by atoms with Gasteiger partial charge in [-0.05, 0) is 43.0 Å². The SMILES string of the molecule is C[C@H](NC(=O)[C@H]1C[C@@H]1c1ccccc1Br)c1cn(-c2ccccc2)nn1. The Morgan fingerprint density at radius 3 is 2.69 bits per heavy atom. The molecule has 0 radical (unpaired) electrons. The van der Waals surface area contributed by atoms with Crippen molar-refractivity contribution < 1.29 is 4.79 Å². The first-order chi connectivity index (χ1) is 12.6. The van der Waals surface area contributed by atoms with Crippen LogP contribution in [0.5, 0.6) is 0 Å². The number of rotatable bonds is 5. The molecule has 3 atom stereocenters. The summed E-state index contributed by atoms with van der Waals surface area (Å²) in [7, 11) is 0. The summed E-state index contributed by atoms with van der Waals surface area (Å²) in [5.74, 6) is 0.394. The summed E-state index contributed by atoms with van der Waals surface area (Å²) in [4.78, 5) is 12.6. The molecule has 6 heteroatoms. The normalized spacial score (nSPS) is 19.8. The van der Waals surface area contributed by atoms with Gasteiger partial charge in [-0.25, -0.2) is 4.68 Å². The van der Waals surface area contributed by atoms with Crippen LogP contribution in [0, 0.1) is 5.92 Å². The zero-order chi connectivity index (χ0) is 18.1. The van der Waals surface area contributed by atoms with Gasteiger partial charge in [0.15, 0.2) is 0 Å². The third-order valence-corrected chi connectivity index (χ3v) is 5.49. The number of hydrogen-bond donors (Lipinski definition) is 1. The Kier molecular flexibility index (Phi) is 4.59. The van der Waals surface area contributed by atoms with Crippen molar-refractivity contribution >= 4 is 21.8 Å². The number of amides is 1. The van der Waals surface area contributed by atoms with E-state index in [0.29, 0.717) is 0 Å². The van der Waals surface area contributed by atoms with E-state index in [1.807, 2.05) is 61.7 Å². The Balaban J connectivity index is 1.40. The van der Waals surface area contributed by atoms with E-state index in [1.165, 1.54) is 5.56 Å². The Labute approximate surface area is 160 Å². The molecule has 1 fully saturated rings. The van der Waals surface area contributed by atoms with Crippen molar-refractivity contribution in [2.24, 2.45) is 5.92 Å². The van der Waals surface area contributed by atoms with E-state index < -0.39 is 0 Å². The van der Waals surface area contributed by atoms with Crippen LogP contribution in [0.25, 0.3) is 5.69 Å². The summed E-state index contributed by atoms with van der Waals surface area (Å²) in [5.41, 5.74) is 2.90. The predicted molar refractivity (Wildman–Crippen MR) is 103 cm³/mol. The van der Waals surface area contributed by atoms with Crippen molar-refractivity contribution in [2.45, 2.75) is 25.3 Å². The fraction of sp³-hybridized carbons (Fsp3) is 0.250. The van der Waals surface area contributed by atoms with Gasteiger partial charge in [0.1, 0.15) is 5.69 Å². The largest absolute Gasteiger partial charge is 0.348 e. The molecule has 4 rings (SSSR count). The molecule has 0 unspecified atom stereocenters. The smallest absolute Gasteiger partial charge is 0.224 e. The Morgan fingerprint density at radius 2 is 1.92 bits per heavy atom. The van der Waals surface area contributed by atoms with E-state index in [1.54, 1.807) is 4.68 Å². The number of para-hydroxylation sites is 1. The van der Waals surface area contributed by atoms with Gasteiger partial charge < -0.3 is 5.32 Å². The molecule has 1 amide bonds. The lowest BCUT2D eigenvalue weighted by Crippen LogP contribution is -2.28. The van der Waals surface area contributed by atoms with Crippen LogP contribution in [-0.4, -0.2) is 20.9 Å². The fourth-order valence-electron chi connectivity index (χ4n) is 3.18. The van der Waals surface area contributed by atoms with Crippen LogP contribution in [0.4, 0.5) is 0 Å². The average Bonchev–Trinajstić information content (AvgIpc) is 3.30. The summed E-state index contributed by atoms with van der Waals surface area (Å²) >= 11 is 3.57. The van der Waals surface area contributed by atoms with Gasteiger partial charge in [0.2, 0.25) is 5.91 Å². The first-order valence-corrected chi connectivity index (χ1v) is 9.45. The van der Waals surface area contributed by atoms with E-state index in [9.17, 15) is 4.79 Å². The number of aromatic nitrogens is 3. The Hall–Kier alpha value is -2.47. The van der Waals surface area contributed by atoms with E-state index >= 15 is 0 Å². The second kappa shape index (κ2) is 7.03. The molecule has 1 aromatic heterocycles. The van der Waals surface area contributed by atoms with Gasteiger partial charge in [-0.2, -0.15) is 0 Å². The standard InChI is InChI=1S/C20H19BrN4O/c1-13(19-12-25(24-23-19)14-7-3-2-4-8-14)22-20(26)17-11-16(17)15-9-5-6-10-18(15)21/h2-10,12-13,16-17H,11H2,1H3,(H,22,26)/t13-,16+,17-/m0/s1. The van der Waals surface area contributed by atoms with Crippen molar-refractivity contribution in [2.75, 3.05) is 0 Å². The van der Waals surface area contributed by atoms with Crippen LogP contribution in [0.1, 0.15) is 36.6 Å². The van der Waals surface area contributed by atoms with Crippen LogP contribution in [0.2, 0.25) is 0 Å². The number of nitrogens with one attached hydrogen (secondary N) is 1. The lowest BCUT2D eigenvalue weighted by atomic mass is 10.1. The monoisotopic (exact) mass is 410 g/mol. The summed E-state index contributed by atoms with van der Waals surface area (Å²) in [6.07, 6.45) is 2.75. The van der Waals surface area contributed by atoms with Gasteiger partial charge in [-0.3, -0.25) is 4.79 Å². The minimum absolute atomic E-state index is 0.0281. The highest BCUT2D eigenvalue weighted by molar-refractivity contribution is 9.10. The number of hydrogen-bond acceptors (Lipinski definition) is 3. The lowest BCUT2D eigenvalue weighted by Gasteiger charge is -2.11. The number of nitrogens with zero attached hydrogens (tertiary/aromatic N) is 3. The van der Waals surface area contributed by atoms with E-state index in [0.717, 1.165) is 22.3 Å². The molecular weight excluding hydrogens is 392 g/mol. The van der Waals surface area contributed by atoms with Crippen molar-refractivity contribution in [3.8, 4) is 5.69 Å². The second-order valence-electron chi connectivity index (χ2n) is 6.62. The number of carbonyl (C=O) groups is 1. The Morgan fingerprint density at radius 1 is 1.19 bits per heavy atom. The van der Waals surface area contributed by atoms with Crippen LogP contribution < -0.4 is 5.32 Å².